The standard InChI is InChI=1S/C21H17NO5/c1-3-22-17(12-8-10-13(11-9-12)21(25)26-2)16-18(23)14-6-4-5-7-15(14)27-19(16)20(22)24/h4-11,17H,3H2,1-2H3/t17-/m1/s1. The minimum absolute atomic E-state index is 0.0857. The summed E-state index contributed by atoms with van der Waals surface area (Å²) >= 11 is 0. The topological polar surface area (TPSA) is 76.8 Å². The molecule has 6 heteroatoms. The molecule has 0 fully saturated rings. The number of rotatable bonds is 3. The lowest BCUT2D eigenvalue weighted by molar-refractivity contribution is 0.0600. The van der Waals surface area contributed by atoms with Gasteiger partial charge in [-0.15, -0.1) is 0 Å². The lowest BCUT2D eigenvalue weighted by Gasteiger charge is -2.23. The van der Waals surface area contributed by atoms with Gasteiger partial charge in [0.05, 0.1) is 29.7 Å². The Kier molecular flexibility index (Phi) is 4.03. The molecule has 1 atom stereocenters. The van der Waals surface area contributed by atoms with Gasteiger partial charge in [-0.1, -0.05) is 24.3 Å². The van der Waals surface area contributed by atoms with Crippen LogP contribution in [0.3, 0.4) is 0 Å². The van der Waals surface area contributed by atoms with Gasteiger partial charge in [0.2, 0.25) is 5.76 Å². The van der Waals surface area contributed by atoms with Crippen LogP contribution < -0.4 is 5.43 Å². The maximum atomic E-state index is 13.1. The van der Waals surface area contributed by atoms with Gasteiger partial charge in [-0.05, 0) is 36.8 Å². The zero-order valence-electron chi connectivity index (χ0n) is 14.9. The summed E-state index contributed by atoms with van der Waals surface area (Å²) in [6.07, 6.45) is 0. The van der Waals surface area contributed by atoms with Gasteiger partial charge in [0.25, 0.3) is 5.91 Å². The second-order valence-corrected chi connectivity index (χ2v) is 6.28. The van der Waals surface area contributed by atoms with Gasteiger partial charge in [0.1, 0.15) is 5.58 Å². The Morgan fingerprint density at radius 3 is 2.48 bits per heavy atom. The van der Waals surface area contributed by atoms with E-state index in [2.05, 4.69) is 0 Å². The van der Waals surface area contributed by atoms with E-state index in [-0.39, 0.29) is 17.1 Å². The molecule has 1 aliphatic rings. The van der Waals surface area contributed by atoms with Gasteiger partial charge in [0, 0.05) is 6.54 Å². The molecule has 1 amide bonds. The highest BCUT2D eigenvalue weighted by Crippen LogP contribution is 2.37. The molecule has 1 aliphatic heterocycles. The first kappa shape index (κ1) is 17.0. The summed E-state index contributed by atoms with van der Waals surface area (Å²) in [6, 6.07) is 13.1. The van der Waals surface area contributed by atoms with E-state index in [1.54, 1.807) is 53.4 Å². The molecule has 1 aromatic heterocycles. The molecule has 3 aromatic rings. The number of fused-ring (bicyclic) bond motifs is 2. The molecule has 0 saturated carbocycles. The summed E-state index contributed by atoms with van der Waals surface area (Å²) in [6.45, 7) is 2.27. The molecule has 4 rings (SSSR count). The van der Waals surface area contributed by atoms with Crippen LogP contribution in [0.15, 0.2) is 57.7 Å². The smallest absolute Gasteiger partial charge is 0.337 e. The van der Waals surface area contributed by atoms with Crippen molar-refractivity contribution in [2.45, 2.75) is 13.0 Å². The van der Waals surface area contributed by atoms with E-state index in [1.165, 1.54) is 7.11 Å². The molecule has 0 radical (unpaired) electrons. The highest BCUT2D eigenvalue weighted by Gasteiger charge is 2.41. The van der Waals surface area contributed by atoms with Crippen molar-refractivity contribution in [3.63, 3.8) is 0 Å². The molecule has 6 nitrogen and oxygen atoms in total. The minimum Gasteiger partial charge on any atom is -0.465 e. The fourth-order valence-corrected chi connectivity index (χ4v) is 3.56. The number of hydrogen-bond acceptors (Lipinski definition) is 5. The van der Waals surface area contributed by atoms with Crippen LogP contribution in [-0.2, 0) is 4.74 Å². The Bertz CT molecular complexity index is 1110. The molecular weight excluding hydrogens is 346 g/mol. The molecule has 2 heterocycles. The average molecular weight is 363 g/mol. The third-order valence-corrected chi connectivity index (χ3v) is 4.86. The molecule has 0 bridgehead atoms. The second-order valence-electron chi connectivity index (χ2n) is 6.28. The van der Waals surface area contributed by atoms with E-state index < -0.39 is 12.0 Å². The number of methoxy groups -OCH3 is 1. The Labute approximate surface area is 155 Å². The third-order valence-electron chi connectivity index (χ3n) is 4.86. The highest BCUT2D eigenvalue weighted by molar-refractivity contribution is 5.99. The van der Waals surface area contributed by atoms with Gasteiger partial charge in [-0.3, -0.25) is 9.59 Å². The second kappa shape index (κ2) is 6.39. The van der Waals surface area contributed by atoms with Crippen LogP contribution in [0.1, 0.15) is 45.0 Å². The summed E-state index contributed by atoms with van der Waals surface area (Å²) < 4.78 is 10.5. The summed E-state index contributed by atoms with van der Waals surface area (Å²) in [5.41, 5.74) is 1.66. The fourth-order valence-electron chi connectivity index (χ4n) is 3.56. The van der Waals surface area contributed by atoms with Gasteiger partial charge in [0.15, 0.2) is 5.43 Å². The van der Waals surface area contributed by atoms with E-state index in [9.17, 15) is 14.4 Å². The average Bonchev–Trinajstić information content (AvgIpc) is 2.99. The Hall–Kier alpha value is -3.41. The Balaban J connectivity index is 1.91. The van der Waals surface area contributed by atoms with Crippen LogP contribution in [0.2, 0.25) is 0 Å². The lowest BCUT2D eigenvalue weighted by atomic mass is 9.97. The van der Waals surface area contributed by atoms with Crippen molar-refractivity contribution in [3.8, 4) is 0 Å². The number of hydrogen-bond donors (Lipinski definition) is 0. The first-order valence-electron chi connectivity index (χ1n) is 8.61. The van der Waals surface area contributed by atoms with Crippen molar-refractivity contribution in [1.29, 1.82) is 0 Å². The largest absolute Gasteiger partial charge is 0.465 e. The molecule has 0 aliphatic carbocycles. The zero-order chi connectivity index (χ0) is 19.1. The number of carbonyl (C=O) groups is 2. The van der Waals surface area contributed by atoms with Crippen molar-refractivity contribution in [3.05, 3.63) is 81.2 Å². The monoisotopic (exact) mass is 363 g/mol. The number of amides is 1. The first-order valence-corrected chi connectivity index (χ1v) is 8.61. The van der Waals surface area contributed by atoms with Crippen molar-refractivity contribution in [2.75, 3.05) is 13.7 Å². The molecule has 136 valence electrons. The molecular formula is C21H17NO5. The van der Waals surface area contributed by atoms with Gasteiger partial charge in [-0.25, -0.2) is 4.79 Å². The SMILES string of the molecule is CCN1C(=O)c2oc3ccccc3c(=O)c2[C@H]1c1ccc(C(=O)OC)cc1. The predicted octanol–water partition coefficient (Wildman–Crippen LogP) is 3.14. The molecule has 27 heavy (non-hydrogen) atoms. The first-order chi connectivity index (χ1) is 13.1. The lowest BCUT2D eigenvalue weighted by Crippen LogP contribution is -2.29. The molecule has 2 aromatic carbocycles. The van der Waals surface area contributed by atoms with Gasteiger partial charge in [-0.2, -0.15) is 0 Å². The third kappa shape index (κ3) is 2.52. The number of nitrogens with zero attached hydrogens (tertiary/aromatic N) is 1. The Morgan fingerprint density at radius 2 is 1.81 bits per heavy atom. The van der Waals surface area contributed by atoms with Crippen LogP contribution in [0, 0.1) is 0 Å². The van der Waals surface area contributed by atoms with E-state index in [0.717, 1.165) is 5.56 Å². The zero-order valence-corrected chi connectivity index (χ0v) is 14.9. The van der Waals surface area contributed by atoms with Crippen LogP contribution in [-0.4, -0.2) is 30.4 Å². The van der Waals surface area contributed by atoms with Crippen molar-refractivity contribution in [1.82, 2.24) is 4.90 Å². The van der Waals surface area contributed by atoms with E-state index in [0.29, 0.717) is 28.6 Å². The maximum Gasteiger partial charge on any atom is 0.337 e. The number of esters is 1. The number of ether oxygens (including phenoxy) is 1. The van der Waals surface area contributed by atoms with Crippen LogP contribution in [0.25, 0.3) is 11.0 Å². The summed E-state index contributed by atoms with van der Waals surface area (Å²) in [7, 11) is 1.32. The highest BCUT2D eigenvalue weighted by atomic mass is 16.5. The minimum atomic E-state index is -0.551. The van der Waals surface area contributed by atoms with Crippen LogP contribution >= 0.6 is 0 Å². The van der Waals surface area contributed by atoms with Crippen molar-refractivity contribution < 1.29 is 18.7 Å². The van der Waals surface area contributed by atoms with Gasteiger partial charge >= 0.3 is 5.97 Å². The number of benzene rings is 2. The number of carbonyl (C=O) groups excluding carboxylic acids is 2. The van der Waals surface area contributed by atoms with Crippen LogP contribution in [0.5, 0.6) is 0 Å². The predicted molar refractivity (Wildman–Crippen MR) is 98.8 cm³/mol. The summed E-state index contributed by atoms with van der Waals surface area (Å²) in [5.74, 6) is -0.665. The van der Waals surface area contributed by atoms with Crippen molar-refractivity contribution in [2.24, 2.45) is 0 Å². The molecule has 0 N–H and O–H groups in total. The molecule has 0 spiro atoms. The van der Waals surface area contributed by atoms with Gasteiger partial charge < -0.3 is 14.1 Å². The summed E-state index contributed by atoms with van der Waals surface area (Å²) in [4.78, 5) is 39.2. The van der Waals surface area contributed by atoms with Crippen molar-refractivity contribution >= 4 is 22.8 Å². The Morgan fingerprint density at radius 1 is 1.11 bits per heavy atom. The molecule has 0 unspecified atom stereocenters. The molecule has 0 saturated heterocycles. The normalized spacial score (nSPS) is 15.9. The van der Waals surface area contributed by atoms with E-state index in [1.807, 2.05) is 6.92 Å². The quantitative estimate of drug-likeness (QED) is 0.668. The number of para-hydroxylation sites is 1. The summed E-state index contributed by atoms with van der Waals surface area (Å²) in [5, 5.41) is 0.443. The van der Waals surface area contributed by atoms with E-state index in [4.69, 9.17) is 9.15 Å². The van der Waals surface area contributed by atoms with Crippen LogP contribution in [0.4, 0.5) is 0 Å². The van der Waals surface area contributed by atoms with E-state index >= 15 is 0 Å². The fraction of sp³-hybridized carbons (Fsp3) is 0.190. The maximum absolute atomic E-state index is 13.1.